The number of hydrogen-bond donors (Lipinski definition) is 2. The first-order valence-corrected chi connectivity index (χ1v) is 9.24. The number of benzene rings is 1. The molecule has 1 heterocycles. The topological polar surface area (TPSA) is 44.9 Å². The molecule has 3 nitrogen and oxygen atoms in total. The van der Waals surface area contributed by atoms with Crippen LogP contribution in [0.2, 0.25) is 0 Å². The quantitative estimate of drug-likeness (QED) is 0.759. The Morgan fingerprint density at radius 1 is 1.26 bits per heavy atom. The van der Waals surface area contributed by atoms with Crippen molar-refractivity contribution in [2.24, 2.45) is 5.92 Å². The van der Waals surface area contributed by atoms with E-state index in [4.69, 9.17) is 0 Å². The number of aromatic nitrogens is 1. The summed E-state index contributed by atoms with van der Waals surface area (Å²) >= 11 is 3.56. The molecular weight excluding hydrogens is 352 g/mol. The van der Waals surface area contributed by atoms with Crippen molar-refractivity contribution in [3.05, 3.63) is 46.1 Å². The van der Waals surface area contributed by atoms with E-state index in [1.165, 1.54) is 22.2 Å². The van der Waals surface area contributed by atoms with Crippen LogP contribution in [0.4, 0.5) is 0 Å². The van der Waals surface area contributed by atoms with Gasteiger partial charge in [0, 0.05) is 33.0 Å². The molecule has 2 atom stereocenters. The minimum absolute atomic E-state index is 0.165. The number of amides is 1. The first kappa shape index (κ1) is 15.0. The molecule has 0 bridgehead atoms. The van der Waals surface area contributed by atoms with Crippen LogP contribution >= 0.6 is 15.9 Å². The predicted molar refractivity (Wildman–Crippen MR) is 96.4 cm³/mol. The van der Waals surface area contributed by atoms with Crippen molar-refractivity contribution in [1.82, 2.24) is 10.3 Å². The van der Waals surface area contributed by atoms with E-state index >= 15 is 0 Å². The Balaban J connectivity index is 1.51. The number of nitrogens with one attached hydrogen (secondary N) is 2. The van der Waals surface area contributed by atoms with Gasteiger partial charge >= 0.3 is 0 Å². The smallest absolute Gasteiger partial charge is 0.223 e. The number of fused-ring (bicyclic) bond motifs is 3. The van der Waals surface area contributed by atoms with E-state index in [2.05, 4.69) is 56.6 Å². The van der Waals surface area contributed by atoms with Gasteiger partial charge in [0.05, 0.1) is 0 Å². The molecule has 1 aromatic heterocycles. The molecule has 0 unspecified atom stereocenters. The Morgan fingerprint density at radius 2 is 2.17 bits per heavy atom. The molecule has 23 heavy (non-hydrogen) atoms. The lowest BCUT2D eigenvalue weighted by atomic mass is 9.89. The van der Waals surface area contributed by atoms with Gasteiger partial charge in [0.25, 0.3) is 0 Å². The number of allylic oxidation sites excluding steroid dienone is 2. The third kappa shape index (κ3) is 2.97. The maximum Gasteiger partial charge on any atom is 0.223 e. The Hall–Kier alpha value is -1.55. The lowest BCUT2D eigenvalue weighted by molar-refractivity contribution is -0.126. The Morgan fingerprint density at radius 3 is 3.00 bits per heavy atom. The van der Waals surface area contributed by atoms with Gasteiger partial charge in [0.1, 0.15) is 0 Å². The zero-order valence-electron chi connectivity index (χ0n) is 13.1. The van der Waals surface area contributed by atoms with Gasteiger partial charge in [-0.25, -0.2) is 0 Å². The maximum atomic E-state index is 12.5. The lowest BCUT2D eigenvalue weighted by Gasteiger charge is -2.26. The third-order valence-corrected chi connectivity index (χ3v) is 5.63. The van der Waals surface area contributed by atoms with Crippen LogP contribution in [-0.2, 0) is 17.6 Å². The molecule has 2 aromatic rings. The number of aryl methyl sites for hydroxylation is 1. The number of H-pyrrole nitrogens is 1. The molecule has 1 aromatic carbocycles. The molecule has 4 heteroatoms. The second kappa shape index (κ2) is 6.16. The van der Waals surface area contributed by atoms with Crippen LogP contribution in [0.15, 0.2) is 34.8 Å². The van der Waals surface area contributed by atoms with E-state index in [1.54, 1.807) is 0 Å². The van der Waals surface area contributed by atoms with Crippen molar-refractivity contribution in [2.45, 2.75) is 44.6 Å². The van der Waals surface area contributed by atoms with Crippen LogP contribution < -0.4 is 5.32 Å². The lowest BCUT2D eigenvalue weighted by Crippen LogP contribution is -2.42. The van der Waals surface area contributed by atoms with E-state index in [-0.39, 0.29) is 17.9 Å². The van der Waals surface area contributed by atoms with Crippen LogP contribution in [0.25, 0.3) is 10.9 Å². The summed E-state index contributed by atoms with van der Waals surface area (Å²) in [5, 5.41) is 4.59. The van der Waals surface area contributed by atoms with Crippen LogP contribution in [0.5, 0.6) is 0 Å². The number of carbonyl (C=O) groups is 1. The molecule has 0 saturated carbocycles. The highest BCUT2D eigenvalue weighted by molar-refractivity contribution is 9.10. The average Bonchev–Trinajstić information content (AvgIpc) is 2.93. The zero-order valence-corrected chi connectivity index (χ0v) is 14.7. The summed E-state index contributed by atoms with van der Waals surface area (Å²) in [5.41, 5.74) is 3.91. The molecule has 1 amide bonds. The molecule has 0 spiro atoms. The van der Waals surface area contributed by atoms with Crippen molar-refractivity contribution in [3.63, 3.8) is 0 Å². The highest BCUT2D eigenvalue weighted by Crippen LogP contribution is 2.31. The number of aromatic amines is 1. The first-order valence-electron chi connectivity index (χ1n) is 8.45. The maximum absolute atomic E-state index is 12.5. The summed E-state index contributed by atoms with van der Waals surface area (Å²) in [6.07, 6.45) is 10.2. The van der Waals surface area contributed by atoms with E-state index < -0.39 is 0 Å². The molecule has 2 N–H and O–H groups in total. The van der Waals surface area contributed by atoms with E-state index in [9.17, 15) is 4.79 Å². The largest absolute Gasteiger partial charge is 0.358 e. The van der Waals surface area contributed by atoms with Crippen molar-refractivity contribution in [3.8, 4) is 0 Å². The number of rotatable bonds is 2. The molecular formula is C19H21BrN2O. The van der Waals surface area contributed by atoms with Gasteiger partial charge < -0.3 is 10.3 Å². The molecule has 2 aliphatic carbocycles. The standard InChI is InChI=1S/C19H21BrN2O/c20-13-6-8-17-15(10-13)16-11-14(7-9-18(16)22-17)21-19(23)12-4-2-1-3-5-12/h1-2,6,8,10,12,14,22H,3-5,7,9,11H2,(H,21,23)/t12-,14+/m1/s1. The second-order valence-corrected chi connectivity index (χ2v) is 7.62. The normalized spacial score (nSPS) is 23.7. The van der Waals surface area contributed by atoms with Crippen molar-refractivity contribution in [1.29, 1.82) is 0 Å². The Labute approximate surface area is 144 Å². The fourth-order valence-corrected chi connectivity index (χ4v) is 4.22. The number of hydrogen-bond acceptors (Lipinski definition) is 1. The molecule has 0 saturated heterocycles. The summed E-state index contributed by atoms with van der Waals surface area (Å²) in [5.74, 6) is 0.405. The molecule has 0 fully saturated rings. The molecule has 120 valence electrons. The summed E-state index contributed by atoms with van der Waals surface area (Å²) in [6, 6.07) is 6.64. The van der Waals surface area contributed by atoms with Crippen LogP contribution in [0.1, 0.15) is 36.9 Å². The monoisotopic (exact) mass is 372 g/mol. The fraction of sp³-hybridized carbons (Fsp3) is 0.421. The van der Waals surface area contributed by atoms with Gasteiger partial charge in [-0.05, 0) is 62.3 Å². The van der Waals surface area contributed by atoms with Crippen molar-refractivity contribution < 1.29 is 4.79 Å². The van der Waals surface area contributed by atoms with Gasteiger partial charge in [-0.15, -0.1) is 0 Å². The minimum Gasteiger partial charge on any atom is -0.358 e. The number of halogens is 1. The van der Waals surface area contributed by atoms with Crippen molar-refractivity contribution in [2.75, 3.05) is 0 Å². The van der Waals surface area contributed by atoms with E-state index in [1.807, 2.05) is 0 Å². The van der Waals surface area contributed by atoms with Gasteiger partial charge in [0.2, 0.25) is 5.91 Å². The zero-order chi connectivity index (χ0) is 15.8. The first-order chi connectivity index (χ1) is 11.2. The van der Waals surface area contributed by atoms with Gasteiger partial charge in [-0.3, -0.25) is 4.79 Å². The molecule has 0 radical (unpaired) electrons. The average molecular weight is 373 g/mol. The summed E-state index contributed by atoms with van der Waals surface area (Å²) in [6.45, 7) is 0. The highest BCUT2D eigenvalue weighted by atomic mass is 79.9. The van der Waals surface area contributed by atoms with Gasteiger partial charge in [-0.2, -0.15) is 0 Å². The predicted octanol–water partition coefficient (Wildman–Crippen LogP) is 4.26. The summed E-state index contributed by atoms with van der Waals surface area (Å²) < 4.78 is 1.10. The van der Waals surface area contributed by atoms with E-state index in [0.29, 0.717) is 0 Å². The van der Waals surface area contributed by atoms with Crippen LogP contribution in [0.3, 0.4) is 0 Å². The fourth-order valence-electron chi connectivity index (χ4n) is 3.86. The van der Waals surface area contributed by atoms with Crippen LogP contribution in [-0.4, -0.2) is 16.9 Å². The summed E-state index contributed by atoms with van der Waals surface area (Å²) in [4.78, 5) is 16.0. The van der Waals surface area contributed by atoms with Crippen LogP contribution in [0, 0.1) is 5.92 Å². The third-order valence-electron chi connectivity index (χ3n) is 5.14. The Bertz CT molecular complexity index is 777. The highest BCUT2D eigenvalue weighted by Gasteiger charge is 2.26. The summed E-state index contributed by atoms with van der Waals surface area (Å²) in [7, 11) is 0. The molecule has 4 rings (SSSR count). The van der Waals surface area contributed by atoms with E-state index in [0.717, 1.165) is 43.0 Å². The Kier molecular flexibility index (Phi) is 4.02. The SMILES string of the molecule is O=C(N[C@H]1CCc2[nH]c3ccc(Br)cc3c2C1)[C@@H]1CC=CCC1. The number of carbonyl (C=O) groups excluding carboxylic acids is 1. The molecule has 2 aliphatic rings. The molecule has 0 aliphatic heterocycles. The van der Waals surface area contributed by atoms with Gasteiger partial charge in [0.15, 0.2) is 0 Å². The second-order valence-electron chi connectivity index (χ2n) is 6.70. The minimum atomic E-state index is 0.165. The van der Waals surface area contributed by atoms with Crippen molar-refractivity contribution >= 4 is 32.7 Å². The van der Waals surface area contributed by atoms with Gasteiger partial charge in [-0.1, -0.05) is 28.1 Å².